The number of nitrogen functional groups attached to an aromatic ring is 1. The summed E-state index contributed by atoms with van der Waals surface area (Å²) >= 11 is 0. The summed E-state index contributed by atoms with van der Waals surface area (Å²) in [6.45, 7) is 7.04. The van der Waals surface area contributed by atoms with Crippen molar-refractivity contribution in [2.45, 2.75) is 26.3 Å². The lowest BCUT2D eigenvalue weighted by molar-refractivity contribution is 0.103. The van der Waals surface area contributed by atoms with Gasteiger partial charge in [-0.25, -0.2) is 9.97 Å². The molecule has 1 fully saturated rings. The molecule has 0 unspecified atom stereocenters. The number of rotatable bonds is 5. The lowest BCUT2D eigenvalue weighted by atomic mass is 10.0. The highest BCUT2D eigenvalue weighted by Crippen LogP contribution is 2.22. The second-order valence-electron chi connectivity index (χ2n) is 7.39. The van der Waals surface area contributed by atoms with E-state index in [1.54, 1.807) is 25.4 Å². The van der Waals surface area contributed by atoms with Gasteiger partial charge in [0.15, 0.2) is 0 Å². The van der Waals surface area contributed by atoms with Gasteiger partial charge >= 0.3 is 6.07 Å². The first-order chi connectivity index (χ1) is 13.5. The summed E-state index contributed by atoms with van der Waals surface area (Å²) < 4.78 is 0. The number of carbonyl (C=O) groups is 1. The number of nitrogens with one attached hydrogen (secondary N) is 1. The van der Waals surface area contributed by atoms with E-state index in [-0.39, 0.29) is 11.6 Å². The van der Waals surface area contributed by atoms with E-state index in [2.05, 4.69) is 44.9 Å². The largest absolute Gasteiger partial charge is 0.383 e. The normalized spacial score (nSPS) is 16.6. The maximum atomic E-state index is 13.1. The number of hydrogen-bond donors (Lipinski definition) is 2. The number of aromatic nitrogens is 2. The van der Waals surface area contributed by atoms with Crippen LogP contribution in [0.1, 0.15) is 41.9 Å². The molecule has 3 heterocycles. The molecule has 0 spiro atoms. The minimum Gasteiger partial charge on any atom is -0.383 e. The molecule has 2 aromatic rings. The Bertz CT molecular complexity index is 915. The third kappa shape index (κ3) is 4.46. The van der Waals surface area contributed by atoms with Crippen molar-refractivity contribution in [1.82, 2.24) is 15.3 Å². The molecule has 7 nitrogen and oxygen atoms in total. The van der Waals surface area contributed by atoms with Gasteiger partial charge in [0.05, 0.1) is 5.56 Å². The summed E-state index contributed by atoms with van der Waals surface area (Å²) in [6, 6.07) is 10.4. The summed E-state index contributed by atoms with van der Waals surface area (Å²) in [7, 11) is 1.62. The highest BCUT2D eigenvalue weighted by atomic mass is 16.1. The number of nitrogens with zero attached hydrogens (tertiary/aromatic N) is 4. The van der Waals surface area contributed by atoms with Gasteiger partial charge in [-0.1, -0.05) is 18.7 Å². The predicted molar refractivity (Wildman–Crippen MR) is 112 cm³/mol. The zero-order valence-corrected chi connectivity index (χ0v) is 16.6. The average Bonchev–Trinajstić information content (AvgIpc) is 2.68. The SMILES string of the molecule is C[N+]#Cc1ccc(N2CCN[C@@H](CC(C)C)C2)nc1C(=O)c1cccnc1N. The van der Waals surface area contributed by atoms with Crippen LogP contribution in [-0.2, 0) is 0 Å². The van der Waals surface area contributed by atoms with E-state index >= 15 is 0 Å². The highest BCUT2D eigenvalue weighted by Gasteiger charge is 2.25. The Labute approximate surface area is 165 Å². The number of pyridine rings is 2. The van der Waals surface area contributed by atoms with Crippen LogP contribution < -0.4 is 16.0 Å². The van der Waals surface area contributed by atoms with Gasteiger partial charge in [0.2, 0.25) is 5.78 Å². The Morgan fingerprint density at radius 2 is 2.25 bits per heavy atom. The molecule has 0 bridgehead atoms. The van der Waals surface area contributed by atoms with Crippen molar-refractivity contribution in [2.75, 3.05) is 37.3 Å². The second-order valence-corrected chi connectivity index (χ2v) is 7.39. The molecule has 0 aliphatic carbocycles. The first kappa shape index (κ1) is 19.8. The van der Waals surface area contributed by atoms with E-state index in [1.165, 1.54) is 0 Å². The fraction of sp³-hybridized carbons (Fsp3) is 0.429. The van der Waals surface area contributed by atoms with E-state index in [4.69, 9.17) is 5.73 Å². The molecule has 1 aliphatic rings. The third-order valence-corrected chi connectivity index (χ3v) is 4.75. The van der Waals surface area contributed by atoms with Crippen molar-refractivity contribution in [1.29, 1.82) is 0 Å². The zero-order chi connectivity index (χ0) is 20.1. The molecule has 3 rings (SSSR count). The third-order valence-electron chi connectivity index (χ3n) is 4.75. The number of hydrogen-bond acceptors (Lipinski definition) is 6. The number of nitrogens with two attached hydrogens (primary N) is 1. The fourth-order valence-electron chi connectivity index (χ4n) is 3.51. The molecule has 1 atom stereocenters. The second kappa shape index (κ2) is 8.81. The van der Waals surface area contributed by atoms with Crippen LogP contribution in [0.4, 0.5) is 11.6 Å². The molecular formula is C21H27N6O+. The van der Waals surface area contributed by atoms with Crippen LogP contribution in [0, 0.1) is 12.0 Å². The Morgan fingerprint density at radius 3 is 2.96 bits per heavy atom. The van der Waals surface area contributed by atoms with Gasteiger partial charge in [0.1, 0.15) is 22.9 Å². The monoisotopic (exact) mass is 379 g/mol. The molecular weight excluding hydrogens is 352 g/mol. The minimum absolute atomic E-state index is 0.193. The molecule has 1 saturated heterocycles. The van der Waals surface area contributed by atoms with E-state index < -0.39 is 0 Å². The van der Waals surface area contributed by atoms with Crippen molar-refractivity contribution in [3.63, 3.8) is 0 Å². The molecule has 0 radical (unpaired) electrons. The maximum absolute atomic E-state index is 13.1. The fourth-order valence-corrected chi connectivity index (χ4v) is 3.51. The standard InChI is InChI=1S/C21H26N6O/c1-14(2)11-16-13-27(10-9-24-16)18-7-6-15(12-23-3)19(26-18)20(28)17-5-4-8-25-21(17)22/h4-8,14,16,24H,9-11,13H2,1-3H3,(H-,22,25,28)/p+1/t16-/m0/s1. The number of piperazine rings is 1. The predicted octanol–water partition coefficient (Wildman–Crippen LogP) is 2.42. The molecule has 2 aromatic heterocycles. The van der Waals surface area contributed by atoms with Crippen molar-refractivity contribution in [3.05, 3.63) is 52.1 Å². The van der Waals surface area contributed by atoms with Crippen molar-refractivity contribution in [2.24, 2.45) is 5.92 Å². The highest BCUT2D eigenvalue weighted by molar-refractivity contribution is 6.11. The van der Waals surface area contributed by atoms with Gasteiger partial charge in [0, 0.05) is 31.9 Å². The molecule has 0 saturated carbocycles. The minimum atomic E-state index is -0.271. The molecule has 146 valence electrons. The van der Waals surface area contributed by atoms with Gasteiger partial charge < -0.3 is 16.0 Å². The maximum Gasteiger partial charge on any atom is 0.313 e. The van der Waals surface area contributed by atoms with Gasteiger partial charge in [-0.2, -0.15) is 0 Å². The van der Waals surface area contributed by atoms with E-state index in [9.17, 15) is 4.79 Å². The average molecular weight is 379 g/mol. The van der Waals surface area contributed by atoms with Crippen LogP contribution in [0.2, 0.25) is 0 Å². The summed E-state index contributed by atoms with van der Waals surface area (Å²) in [5.41, 5.74) is 7.09. The van der Waals surface area contributed by atoms with E-state index in [1.807, 2.05) is 12.1 Å². The van der Waals surface area contributed by atoms with Crippen LogP contribution >= 0.6 is 0 Å². The molecule has 28 heavy (non-hydrogen) atoms. The molecule has 7 heteroatoms. The Hall–Kier alpha value is -2.98. The van der Waals surface area contributed by atoms with Crippen molar-refractivity contribution < 1.29 is 4.79 Å². The summed E-state index contributed by atoms with van der Waals surface area (Å²) in [6.07, 6.45) is 2.66. The van der Waals surface area contributed by atoms with Gasteiger partial charge in [-0.3, -0.25) is 4.79 Å². The van der Waals surface area contributed by atoms with Crippen LogP contribution in [0.5, 0.6) is 0 Å². The van der Waals surface area contributed by atoms with E-state index in [0.717, 1.165) is 31.9 Å². The Kier molecular flexibility index (Phi) is 6.22. The van der Waals surface area contributed by atoms with E-state index in [0.29, 0.717) is 28.8 Å². The van der Waals surface area contributed by atoms with Crippen molar-refractivity contribution >= 4 is 17.4 Å². The van der Waals surface area contributed by atoms with Gasteiger partial charge in [-0.05, 0) is 36.6 Å². The topological polar surface area (TPSA) is 88.5 Å². The van der Waals surface area contributed by atoms with Gasteiger partial charge in [-0.15, -0.1) is 0 Å². The molecule has 1 aliphatic heterocycles. The molecule has 3 N–H and O–H groups in total. The first-order valence-corrected chi connectivity index (χ1v) is 9.59. The number of carbonyl (C=O) groups excluding carboxylic acids is 1. The summed E-state index contributed by atoms with van der Waals surface area (Å²) in [5.74, 6) is 1.32. The molecule has 0 aromatic carbocycles. The Balaban J connectivity index is 1.94. The van der Waals surface area contributed by atoms with Gasteiger partial charge in [0.25, 0.3) is 7.05 Å². The summed E-state index contributed by atoms with van der Waals surface area (Å²) in [5, 5.41) is 3.56. The van der Waals surface area contributed by atoms with Crippen molar-refractivity contribution in [3.8, 4) is 6.07 Å². The quantitative estimate of drug-likeness (QED) is 0.776. The van der Waals surface area contributed by atoms with Crippen LogP contribution in [0.15, 0.2) is 30.5 Å². The molecule has 0 amide bonds. The lowest BCUT2D eigenvalue weighted by Gasteiger charge is -2.35. The van der Waals surface area contributed by atoms with Crippen LogP contribution in [0.3, 0.4) is 0 Å². The summed E-state index contributed by atoms with van der Waals surface area (Å²) in [4.78, 5) is 28.0. The zero-order valence-electron chi connectivity index (χ0n) is 16.6. The van der Waals surface area contributed by atoms with Crippen LogP contribution in [0.25, 0.3) is 4.85 Å². The number of ketones is 1. The smallest absolute Gasteiger partial charge is 0.313 e. The van der Waals surface area contributed by atoms with Crippen LogP contribution in [-0.4, -0.2) is 48.5 Å². The Morgan fingerprint density at radius 1 is 1.43 bits per heavy atom. The first-order valence-electron chi connectivity index (χ1n) is 9.59. The lowest BCUT2D eigenvalue weighted by Crippen LogP contribution is -2.51. The number of anilines is 2.